The molecule has 5 nitrogen and oxygen atoms in total. The fourth-order valence-electron chi connectivity index (χ4n) is 2.55. The first kappa shape index (κ1) is 18.2. The zero-order chi connectivity index (χ0) is 18.9. The Hall–Kier alpha value is -3.62. The average molecular weight is 356 g/mol. The number of rotatable bonds is 7. The summed E-state index contributed by atoms with van der Waals surface area (Å²) in [6.07, 6.45) is 0. The van der Waals surface area contributed by atoms with Crippen molar-refractivity contribution >= 4 is 11.6 Å². The van der Waals surface area contributed by atoms with Crippen molar-refractivity contribution in [3.8, 4) is 6.07 Å². The smallest absolute Gasteiger partial charge is 0.269 e. The summed E-state index contributed by atoms with van der Waals surface area (Å²) in [4.78, 5) is 12.2. The largest absolute Gasteiger partial charge is 0.309 e. The molecular weight excluding hydrogens is 336 g/mol. The Morgan fingerprint density at radius 2 is 1.44 bits per heavy atom. The topological polar surface area (TPSA) is 77.0 Å². The maximum absolute atomic E-state index is 12.2. The van der Waals surface area contributed by atoms with Gasteiger partial charge in [0.15, 0.2) is 0 Å². The van der Waals surface area contributed by atoms with Crippen molar-refractivity contribution < 1.29 is 4.79 Å². The highest BCUT2D eigenvalue weighted by Gasteiger charge is 2.05. The molecule has 0 fully saturated rings. The van der Waals surface area contributed by atoms with Crippen molar-refractivity contribution in [2.24, 2.45) is 0 Å². The van der Waals surface area contributed by atoms with Crippen LogP contribution in [-0.4, -0.2) is 5.91 Å². The summed E-state index contributed by atoms with van der Waals surface area (Å²) in [5.41, 5.74) is 9.70. The Morgan fingerprint density at radius 3 is 2.07 bits per heavy atom. The van der Waals surface area contributed by atoms with Crippen molar-refractivity contribution in [1.82, 2.24) is 10.7 Å². The number of hydrogen-bond donors (Lipinski definition) is 3. The Balaban J connectivity index is 1.47. The van der Waals surface area contributed by atoms with Crippen LogP contribution in [0, 0.1) is 11.3 Å². The van der Waals surface area contributed by atoms with E-state index in [9.17, 15) is 4.79 Å². The monoisotopic (exact) mass is 356 g/mol. The molecule has 0 aliphatic rings. The third-order valence-corrected chi connectivity index (χ3v) is 4.05. The predicted octanol–water partition coefficient (Wildman–Crippen LogP) is 3.60. The Morgan fingerprint density at radius 1 is 0.815 bits per heavy atom. The molecule has 5 heteroatoms. The summed E-state index contributed by atoms with van der Waals surface area (Å²) in [6, 6.07) is 26.6. The number of carbonyl (C=O) groups is 1. The first-order valence-corrected chi connectivity index (χ1v) is 8.65. The summed E-state index contributed by atoms with van der Waals surface area (Å²) >= 11 is 0. The maximum Gasteiger partial charge on any atom is 0.269 e. The van der Waals surface area contributed by atoms with Gasteiger partial charge in [0.05, 0.1) is 17.3 Å². The molecule has 0 aromatic heterocycles. The van der Waals surface area contributed by atoms with E-state index in [-0.39, 0.29) is 5.91 Å². The van der Waals surface area contributed by atoms with Gasteiger partial charge in [-0.15, -0.1) is 0 Å². The Labute approximate surface area is 158 Å². The summed E-state index contributed by atoms with van der Waals surface area (Å²) < 4.78 is 0. The summed E-state index contributed by atoms with van der Waals surface area (Å²) in [5.74, 6) is -0.219. The number of benzene rings is 3. The van der Waals surface area contributed by atoms with Crippen LogP contribution in [0.15, 0.2) is 78.9 Å². The van der Waals surface area contributed by atoms with E-state index in [1.54, 1.807) is 36.4 Å². The summed E-state index contributed by atoms with van der Waals surface area (Å²) in [6.45, 7) is 1.54. The van der Waals surface area contributed by atoms with Gasteiger partial charge in [-0.25, -0.2) is 0 Å². The van der Waals surface area contributed by atoms with Gasteiger partial charge < -0.3 is 5.32 Å². The van der Waals surface area contributed by atoms with Crippen LogP contribution in [0.5, 0.6) is 0 Å². The van der Waals surface area contributed by atoms with Crippen LogP contribution < -0.4 is 16.2 Å². The van der Waals surface area contributed by atoms with Crippen molar-refractivity contribution in [3.05, 3.63) is 101 Å². The molecule has 0 aliphatic heterocycles. The van der Waals surface area contributed by atoms with E-state index in [1.165, 1.54) is 5.56 Å². The van der Waals surface area contributed by atoms with E-state index in [0.29, 0.717) is 16.8 Å². The maximum atomic E-state index is 12.2. The molecule has 0 saturated carbocycles. The molecule has 0 unspecified atom stereocenters. The second-order valence-electron chi connectivity index (χ2n) is 6.05. The standard InChI is InChI=1S/C22H20N4O/c23-14-17-8-12-21(13-9-17)25-26-22(27)20-10-6-19(7-11-20)16-24-15-18-4-2-1-3-5-18/h1-13,24-25H,15-16H2,(H,26,27). The molecule has 1 amide bonds. The number of hydrazine groups is 1. The highest BCUT2D eigenvalue weighted by Crippen LogP contribution is 2.09. The van der Waals surface area contributed by atoms with Crippen molar-refractivity contribution in [2.75, 3.05) is 5.43 Å². The van der Waals surface area contributed by atoms with Crippen LogP contribution in [-0.2, 0) is 13.1 Å². The fourth-order valence-corrected chi connectivity index (χ4v) is 2.55. The normalized spacial score (nSPS) is 10.0. The lowest BCUT2D eigenvalue weighted by Gasteiger charge is -2.09. The predicted molar refractivity (Wildman–Crippen MR) is 106 cm³/mol. The lowest BCUT2D eigenvalue weighted by molar-refractivity contribution is 0.0962. The van der Waals surface area contributed by atoms with Crippen LogP contribution in [0.25, 0.3) is 0 Å². The number of amides is 1. The zero-order valence-corrected chi connectivity index (χ0v) is 14.8. The first-order valence-electron chi connectivity index (χ1n) is 8.65. The molecule has 0 radical (unpaired) electrons. The minimum atomic E-state index is -0.219. The summed E-state index contributed by atoms with van der Waals surface area (Å²) in [7, 11) is 0. The molecule has 0 atom stereocenters. The minimum absolute atomic E-state index is 0.219. The third-order valence-electron chi connectivity index (χ3n) is 4.05. The average Bonchev–Trinajstić information content (AvgIpc) is 2.73. The van der Waals surface area contributed by atoms with Crippen molar-refractivity contribution in [2.45, 2.75) is 13.1 Å². The van der Waals surface area contributed by atoms with Gasteiger partial charge in [0.2, 0.25) is 0 Å². The molecule has 3 aromatic rings. The van der Waals surface area contributed by atoms with E-state index in [1.807, 2.05) is 30.3 Å². The van der Waals surface area contributed by atoms with Crippen LogP contribution in [0.1, 0.15) is 27.0 Å². The van der Waals surface area contributed by atoms with Gasteiger partial charge in [0.1, 0.15) is 0 Å². The second-order valence-corrected chi connectivity index (χ2v) is 6.05. The highest BCUT2D eigenvalue weighted by molar-refractivity contribution is 5.94. The Kier molecular flexibility index (Phi) is 6.18. The quantitative estimate of drug-likeness (QED) is 0.565. The fraction of sp³-hybridized carbons (Fsp3) is 0.0909. The SMILES string of the molecule is N#Cc1ccc(NNC(=O)c2ccc(CNCc3ccccc3)cc2)cc1. The molecule has 0 saturated heterocycles. The third kappa shape index (κ3) is 5.43. The van der Waals surface area contributed by atoms with Crippen LogP contribution in [0.3, 0.4) is 0 Å². The van der Waals surface area contributed by atoms with Gasteiger partial charge in [0.25, 0.3) is 5.91 Å². The molecule has 3 N–H and O–H groups in total. The van der Waals surface area contributed by atoms with Crippen LogP contribution >= 0.6 is 0 Å². The van der Waals surface area contributed by atoms with Crippen LogP contribution in [0.4, 0.5) is 5.69 Å². The van der Waals surface area contributed by atoms with E-state index in [4.69, 9.17) is 5.26 Å². The number of nitrogens with one attached hydrogen (secondary N) is 3. The van der Waals surface area contributed by atoms with E-state index >= 15 is 0 Å². The molecule has 0 bridgehead atoms. The highest BCUT2D eigenvalue weighted by atomic mass is 16.2. The Bertz CT molecular complexity index is 913. The zero-order valence-electron chi connectivity index (χ0n) is 14.8. The molecule has 134 valence electrons. The number of hydrogen-bond acceptors (Lipinski definition) is 4. The molecule has 27 heavy (non-hydrogen) atoms. The van der Waals surface area contributed by atoms with Gasteiger partial charge in [-0.05, 0) is 47.5 Å². The molecule has 0 heterocycles. The van der Waals surface area contributed by atoms with Crippen molar-refractivity contribution in [1.29, 1.82) is 5.26 Å². The van der Waals surface area contributed by atoms with E-state index in [2.05, 4.69) is 34.4 Å². The molecule has 3 aromatic carbocycles. The number of anilines is 1. The molecule has 3 rings (SSSR count). The minimum Gasteiger partial charge on any atom is -0.309 e. The number of nitrogens with zero attached hydrogens (tertiary/aromatic N) is 1. The lowest BCUT2D eigenvalue weighted by atomic mass is 10.1. The van der Waals surface area contributed by atoms with Gasteiger partial charge in [-0.1, -0.05) is 42.5 Å². The first-order chi connectivity index (χ1) is 13.2. The lowest BCUT2D eigenvalue weighted by Crippen LogP contribution is -2.29. The summed E-state index contributed by atoms with van der Waals surface area (Å²) in [5, 5.41) is 12.2. The van der Waals surface area contributed by atoms with Gasteiger partial charge in [-0.2, -0.15) is 5.26 Å². The van der Waals surface area contributed by atoms with Crippen molar-refractivity contribution in [3.63, 3.8) is 0 Å². The van der Waals surface area contributed by atoms with Crippen LogP contribution in [0.2, 0.25) is 0 Å². The van der Waals surface area contributed by atoms with Gasteiger partial charge in [0, 0.05) is 18.7 Å². The number of nitriles is 1. The van der Waals surface area contributed by atoms with E-state index < -0.39 is 0 Å². The number of carbonyl (C=O) groups excluding carboxylic acids is 1. The molecule has 0 aliphatic carbocycles. The van der Waals surface area contributed by atoms with E-state index in [0.717, 1.165) is 18.7 Å². The van der Waals surface area contributed by atoms with Gasteiger partial charge >= 0.3 is 0 Å². The molecular formula is C22H20N4O. The van der Waals surface area contributed by atoms with Gasteiger partial charge in [-0.3, -0.25) is 15.6 Å². The molecule has 0 spiro atoms. The second kappa shape index (κ2) is 9.18.